The molecular weight excluding hydrogens is 214 g/mol. The summed E-state index contributed by atoms with van der Waals surface area (Å²) >= 11 is 0. The van der Waals surface area contributed by atoms with Gasteiger partial charge in [-0.25, -0.2) is 0 Å². The van der Waals surface area contributed by atoms with Crippen LogP contribution in [0.1, 0.15) is 5.56 Å². The molecule has 2 aromatic rings. The number of aromatic nitrogens is 4. The van der Waals surface area contributed by atoms with Crippen LogP contribution in [0, 0.1) is 10.1 Å². The first-order valence-electron chi connectivity index (χ1n) is 4.45. The predicted octanol–water partition coefficient (Wildman–Crippen LogP) is 0.735. The first-order chi connectivity index (χ1) is 7.74. The molecule has 0 N–H and O–H groups in total. The molecule has 1 aromatic heterocycles. The lowest BCUT2D eigenvalue weighted by atomic mass is 10.1. The van der Waals surface area contributed by atoms with Gasteiger partial charge >= 0.3 is 6.01 Å². The lowest BCUT2D eigenvalue weighted by Gasteiger charge is -2.15. The Labute approximate surface area is 88.6 Å². The molecule has 0 bridgehead atoms. The van der Waals surface area contributed by atoms with Crippen LogP contribution < -0.4 is 4.74 Å². The number of nitro groups is 1. The molecule has 0 amide bonds. The first kappa shape index (κ1) is 8.77. The summed E-state index contributed by atoms with van der Waals surface area (Å²) in [5, 5.41) is 21.4. The minimum absolute atomic E-state index is 0.0267. The summed E-state index contributed by atoms with van der Waals surface area (Å²) < 4.78 is 6.79. The Hall–Kier alpha value is -2.51. The SMILES string of the molecule is O=[N+]([O-])c1ccc2c(c1)Cn1nnnc1O2. The molecular formula is C8H5N5O3. The zero-order chi connectivity index (χ0) is 11.1. The molecule has 0 saturated heterocycles. The second-order valence-corrected chi connectivity index (χ2v) is 3.27. The van der Waals surface area contributed by atoms with Crippen molar-refractivity contribution in [1.82, 2.24) is 20.2 Å². The largest absolute Gasteiger partial charge is 0.423 e. The van der Waals surface area contributed by atoms with Gasteiger partial charge in [0.1, 0.15) is 5.75 Å². The molecule has 0 spiro atoms. The van der Waals surface area contributed by atoms with Crippen LogP contribution in [0.3, 0.4) is 0 Å². The Morgan fingerprint density at radius 2 is 2.38 bits per heavy atom. The first-order valence-corrected chi connectivity index (χ1v) is 4.45. The van der Waals surface area contributed by atoms with E-state index in [4.69, 9.17) is 4.74 Å². The molecule has 0 saturated carbocycles. The Balaban J connectivity index is 2.06. The highest BCUT2D eigenvalue weighted by Gasteiger charge is 2.21. The minimum atomic E-state index is -0.449. The third-order valence-electron chi connectivity index (χ3n) is 2.28. The summed E-state index contributed by atoms with van der Waals surface area (Å²) in [7, 11) is 0. The lowest BCUT2D eigenvalue weighted by molar-refractivity contribution is -0.384. The van der Waals surface area contributed by atoms with Crippen molar-refractivity contribution in [3.05, 3.63) is 33.9 Å². The molecule has 80 valence electrons. The summed E-state index contributed by atoms with van der Waals surface area (Å²) in [6.45, 7) is 0.374. The summed E-state index contributed by atoms with van der Waals surface area (Å²) in [5.74, 6) is 0.549. The van der Waals surface area contributed by atoms with E-state index in [0.29, 0.717) is 23.9 Å². The van der Waals surface area contributed by atoms with Crippen LogP contribution in [-0.4, -0.2) is 25.1 Å². The van der Waals surface area contributed by atoms with Crippen LogP contribution in [-0.2, 0) is 6.54 Å². The van der Waals surface area contributed by atoms with Gasteiger partial charge in [0.15, 0.2) is 0 Å². The van der Waals surface area contributed by atoms with Gasteiger partial charge in [-0.2, -0.15) is 4.68 Å². The van der Waals surface area contributed by atoms with E-state index in [1.165, 1.54) is 16.8 Å². The van der Waals surface area contributed by atoms with Gasteiger partial charge in [0, 0.05) is 17.7 Å². The Kier molecular flexibility index (Phi) is 1.64. The number of ether oxygens (including phenoxy) is 1. The maximum atomic E-state index is 10.6. The molecule has 0 radical (unpaired) electrons. The number of fused-ring (bicyclic) bond motifs is 2. The number of rotatable bonds is 1. The number of hydrogen-bond donors (Lipinski definition) is 0. The standard InChI is InChI=1S/C8H5N5O3/c14-13(15)6-1-2-7-5(3-6)4-12-8(16-7)9-10-11-12/h1-3H,4H2. The molecule has 16 heavy (non-hydrogen) atoms. The van der Waals surface area contributed by atoms with Crippen LogP contribution in [0.25, 0.3) is 0 Å². The number of non-ortho nitro benzene ring substituents is 1. The van der Waals surface area contributed by atoms with Gasteiger partial charge in [-0.05, 0) is 16.5 Å². The van der Waals surface area contributed by atoms with Crippen LogP contribution in [0.2, 0.25) is 0 Å². The van der Waals surface area contributed by atoms with E-state index in [0.717, 1.165) is 0 Å². The summed E-state index contributed by atoms with van der Waals surface area (Å²) in [5.41, 5.74) is 0.716. The summed E-state index contributed by atoms with van der Waals surface area (Å²) in [6.07, 6.45) is 0. The molecule has 1 aliphatic rings. The van der Waals surface area contributed by atoms with Gasteiger partial charge in [-0.3, -0.25) is 10.1 Å². The third kappa shape index (κ3) is 1.20. The fourth-order valence-electron chi connectivity index (χ4n) is 1.53. The fraction of sp³-hybridized carbons (Fsp3) is 0.125. The van der Waals surface area contributed by atoms with Gasteiger partial charge < -0.3 is 4.74 Å². The van der Waals surface area contributed by atoms with E-state index >= 15 is 0 Å². The van der Waals surface area contributed by atoms with Crippen molar-refractivity contribution < 1.29 is 9.66 Å². The normalized spacial score (nSPS) is 12.5. The summed E-state index contributed by atoms with van der Waals surface area (Å²) in [4.78, 5) is 10.2. The van der Waals surface area contributed by atoms with Crippen molar-refractivity contribution in [3.8, 4) is 11.8 Å². The molecule has 2 heterocycles. The molecule has 8 nitrogen and oxygen atoms in total. The predicted molar refractivity (Wildman–Crippen MR) is 50.1 cm³/mol. The molecule has 1 aromatic carbocycles. The molecule has 1 aliphatic heterocycles. The molecule has 3 rings (SSSR count). The molecule has 0 unspecified atom stereocenters. The maximum Gasteiger partial charge on any atom is 0.341 e. The van der Waals surface area contributed by atoms with Gasteiger partial charge in [0.05, 0.1) is 11.5 Å². The van der Waals surface area contributed by atoms with Gasteiger partial charge in [-0.15, -0.1) is 0 Å². The van der Waals surface area contributed by atoms with Crippen molar-refractivity contribution in [1.29, 1.82) is 0 Å². The zero-order valence-corrected chi connectivity index (χ0v) is 7.90. The van der Waals surface area contributed by atoms with Gasteiger partial charge in [-0.1, -0.05) is 5.10 Å². The second-order valence-electron chi connectivity index (χ2n) is 3.27. The monoisotopic (exact) mass is 219 g/mol. The van der Waals surface area contributed by atoms with Crippen molar-refractivity contribution in [3.63, 3.8) is 0 Å². The van der Waals surface area contributed by atoms with E-state index in [-0.39, 0.29) is 5.69 Å². The van der Waals surface area contributed by atoms with Crippen molar-refractivity contribution in [2.24, 2.45) is 0 Å². The fourth-order valence-corrected chi connectivity index (χ4v) is 1.53. The average Bonchev–Trinajstić information content (AvgIpc) is 2.71. The van der Waals surface area contributed by atoms with E-state index in [2.05, 4.69) is 15.5 Å². The average molecular weight is 219 g/mol. The van der Waals surface area contributed by atoms with Gasteiger partial charge in [0.2, 0.25) is 0 Å². The Morgan fingerprint density at radius 1 is 1.50 bits per heavy atom. The Bertz CT molecular complexity index is 579. The Morgan fingerprint density at radius 3 is 3.19 bits per heavy atom. The van der Waals surface area contributed by atoms with Crippen molar-refractivity contribution in [2.45, 2.75) is 6.54 Å². The number of nitrogens with zero attached hydrogens (tertiary/aromatic N) is 5. The minimum Gasteiger partial charge on any atom is -0.423 e. The zero-order valence-electron chi connectivity index (χ0n) is 7.90. The van der Waals surface area contributed by atoms with Crippen molar-refractivity contribution >= 4 is 5.69 Å². The van der Waals surface area contributed by atoms with Crippen LogP contribution in [0.15, 0.2) is 18.2 Å². The van der Waals surface area contributed by atoms with Crippen LogP contribution in [0.4, 0.5) is 5.69 Å². The van der Waals surface area contributed by atoms with Crippen LogP contribution in [0.5, 0.6) is 11.8 Å². The second kappa shape index (κ2) is 2.99. The van der Waals surface area contributed by atoms with E-state index in [1.54, 1.807) is 6.07 Å². The lowest BCUT2D eigenvalue weighted by Crippen LogP contribution is -2.11. The molecule has 8 heteroatoms. The van der Waals surface area contributed by atoms with E-state index in [9.17, 15) is 10.1 Å². The van der Waals surface area contributed by atoms with E-state index < -0.39 is 4.92 Å². The van der Waals surface area contributed by atoms with E-state index in [1.807, 2.05) is 0 Å². The number of benzene rings is 1. The maximum absolute atomic E-state index is 10.6. The van der Waals surface area contributed by atoms with Crippen LogP contribution >= 0.6 is 0 Å². The molecule has 0 fully saturated rings. The summed E-state index contributed by atoms with van der Waals surface area (Å²) in [6, 6.07) is 4.69. The highest BCUT2D eigenvalue weighted by molar-refractivity contribution is 5.46. The quantitative estimate of drug-likeness (QED) is 0.442. The highest BCUT2D eigenvalue weighted by Crippen LogP contribution is 2.32. The molecule has 0 atom stereocenters. The molecule has 0 aliphatic carbocycles. The number of tetrazole rings is 1. The highest BCUT2D eigenvalue weighted by atomic mass is 16.6. The topological polar surface area (TPSA) is 96.0 Å². The third-order valence-corrected chi connectivity index (χ3v) is 2.28. The smallest absolute Gasteiger partial charge is 0.341 e. The number of hydrogen-bond acceptors (Lipinski definition) is 6. The number of nitro benzene ring substituents is 1. The van der Waals surface area contributed by atoms with Gasteiger partial charge in [0.25, 0.3) is 5.69 Å². The van der Waals surface area contributed by atoms with Crippen molar-refractivity contribution in [2.75, 3.05) is 0 Å².